The van der Waals surface area contributed by atoms with Crippen LogP contribution < -0.4 is 10.1 Å². The van der Waals surface area contributed by atoms with E-state index in [1.54, 1.807) is 19.4 Å². The Morgan fingerprint density at radius 1 is 1.45 bits per heavy atom. The summed E-state index contributed by atoms with van der Waals surface area (Å²) >= 11 is 0. The van der Waals surface area contributed by atoms with Crippen LogP contribution in [-0.4, -0.2) is 23.2 Å². The van der Waals surface area contributed by atoms with Crippen LogP contribution in [0.4, 0.5) is 5.82 Å². The smallest absolute Gasteiger partial charge is 0.249 e. The Hall–Kier alpha value is -2.56. The Kier molecular flexibility index (Phi) is 4.55. The number of ether oxygens (including phenoxy) is 1. The second-order valence-corrected chi connectivity index (χ2v) is 4.19. The number of carbonyl (C=O) groups excluding carboxylic acids is 1. The molecule has 1 aromatic carbocycles. The number of para-hydroxylation sites is 1. The fraction of sp³-hybridized carbons (Fsp3) is 0.200. The average molecular weight is 271 g/mol. The van der Waals surface area contributed by atoms with E-state index < -0.39 is 0 Å². The van der Waals surface area contributed by atoms with Gasteiger partial charge in [0.25, 0.3) is 0 Å². The maximum atomic E-state index is 11.9. The molecule has 1 amide bonds. The minimum absolute atomic E-state index is 0.213. The number of amides is 1. The van der Waals surface area contributed by atoms with Gasteiger partial charge < -0.3 is 10.1 Å². The highest BCUT2D eigenvalue weighted by Gasteiger charge is 2.05. The van der Waals surface area contributed by atoms with E-state index >= 15 is 0 Å². The van der Waals surface area contributed by atoms with Crippen molar-refractivity contribution in [2.75, 3.05) is 12.4 Å². The maximum Gasteiger partial charge on any atom is 0.249 e. The fourth-order valence-electron chi connectivity index (χ4n) is 1.82. The third kappa shape index (κ3) is 3.26. The summed E-state index contributed by atoms with van der Waals surface area (Å²) in [5.41, 5.74) is 1.83. The standard InChI is InChI=1S/C15H17N3O2/c1-3-11-10-16-18-15(11)17-14(19)9-8-12-6-4-5-7-13(12)20-2/h4-10H,3H2,1-2H3,(H2,16,17,18,19)/b9-8+. The third-order valence-corrected chi connectivity index (χ3v) is 2.90. The predicted molar refractivity (Wildman–Crippen MR) is 78.6 cm³/mol. The summed E-state index contributed by atoms with van der Waals surface area (Å²) in [5.74, 6) is 1.16. The first-order valence-electron chi connectivity index (χ1n) is 6.39. The minimum Gasteiger partial charge on any atom is -0.496 e. The number of H-pyrrole nitrogens is 1. The van der Waals surface area contributed by atoms with Gasteiger partial charge in [0.2, 0.25) is 5.91 Å². The van der Waals surface area contributed by atoms with Gasteiger partial charge in [0.05, 0.1) is 13.3 Å². The van der Waals surface area contributed by atoms with Crippen LogP contribution in [0, 0.1) is 0 Å². The van der Waals surface area contributed by atoms with E-state index in [9.17, 15) is 4.79 Å². The lowest BCUT2D eigenvalue weighted by molar-refractivity contribution is -0.111. The number of rotatable bonds is 5. The zero-order valence-corrected chi connectivity index (χ0v) is 11.5. The summed E-state index contributed by atoms with van der Waals surface area (Å²) < 4.78 is 5.22. The lowest BCUT2D eigenvalue weighted by atomic mass is 10.2. The molecule has 1 aromatic heterocycles. The monoisotopic (exact) mass is 271 g/mol. The Labute approximate surface area is 117 Å². The second kappa shape index (κ2) is 6.56. The van der Waals surface area contributed by atoms with E-state index in [0.29, 0.717) is 5.82 Å². The number of carbonyl (C=O) groups is 1. The van der Waals surface area contributed by atoms with Crippen LogP contribution in [0.5, 0.6) is 5.75 Å². The Bertz CT molecular complexity index is 617. The van der Waals surface area contributed by atoms with Crippen molar-refractivity contribution in [3.8, 4) is 5.75 Å². The molecule has 2 aromatic rings. The van der Waals surface area contributed by atoms with E-state index in [0.717, 1.165) is 23.3 Å². The first-order chi connectivity index (χ1) is 9.74. The largest absolute Gasteiger partial charge is 0.496 e. The molecule has 0 aliphatic rings. The molecular formula is C15H17N3O2. The van der Waals surface area contributed by atoms with Gasteiger partial charge in [0, 0.05) is 17.2 Å². The first-order valence-corrected chi connectivity index (χ1v) is 6.39. The van der Waals surface area contributed by atoms with Crippen molar-refractivity contribution in [3.63, 3.8) is 0 Å². The van der Waals surface area contributed by atoms with Gasteiger partial charge in [-0.15, -0.1) is 0 Å². The molecule has 2 rings (SSSR count). The summed E-state index contributed by atoms with van der Waals surface area (Å²) in [6.07, 6.45) is 5.70. The van der Waals surface area contributed by atoms with Crippen LogP contribution in [0.3, 0.4) is 0 Å². The minimum atomic E-state index is -0.213. The Morgan fingerprint density at radius 2 is 2.25 bits per heavy atom. The molecule has 5 nitrogen and oxygen atoms in total. The first kappa shape index (κ1) is 13.9. The average Bonchev–Trinajstić information content (AvgIpc) is 2.92. The number of aryl methyl sites for hydroxylation is 1. The van der Waals surface area contributed by atoms with Gasteiger partial charge in [0.1, 0.15) is 11.6 Å². The van der Waals surface area contributed by atoms with Crippen molar-refractivity contribution in [2.45, 2.75) is 13.3 Å². The summed E-state index contributed by atoms with van der Waals surface area (Å²) in [6.45, 7) is 2.01. The molecule has 0 aliphatic heterocycles. The molecule has 0 saturated heterocycles. The maximum absolute atomic E-state index is 11.9. The quantitative estimate of drug-likeness (QED) is 0.821. The van der Waals surface area contributed by atoms with E-state index in [4.69, 9.17) is 4.74 Å². The van der Waals surface area contributed by atoms with Gasteiger partial charge >= 0.3 is 0 Å². The normalized spacial score (nSPS) is 10.7. The number of hydrogen-bond donors (Lipinski definition) is 2. The molecule has 0 spiro atoms. The number of nitrogens with one attached hydrogen (secondary N) is 2. The zero-order chi connectivity index (χ0) is 14.4. The van der Waals surface area contributed by atoms with E-state index in [1.165, 1.54) is 6.08 Å². The van der Waals surface area contributed by atoms with Gasteiger partial charge in [-0.3, -0.25) is 9.89 Å². The van der Waals surface area contributed by atoms with Crippen molar-refractivity contribution in [1.29, 1.82) is 0 Å². The third-order valence-electron chi connectivity index (χ3n) is 2.90. The summed E-state index contributed by atoms with van der Waals surface area (Å²) in [7, 11) is 1.60. The molecule has 1 heterocycles. The summed E-state index contributed by atoms with van der Waals surface area (Å²) in [6, 6.07) is 7.51. The van der Waals surface area contributed by atoms with Crippen LogP contribution in [0.1, 0.15) is 18.1 Å². The van der Waals surface area contributed by atoms with Crippen molar-refractivity contribution >= 4 is 17.8 Å². The second-order valence-electron chi connectivity index (χ2n) is 4.19. The van der Waals surface area contributed by atoms with E-state index in [-0.39, 0.29) is 5.91 Å². The molecular weight excluding hydrogens is 254 g/mol. The molecule has 0 fully saturated rings. The van der Waals surface area contributed by atoms with E-state index in [2.05, 4.69) is 15.5 Å². The molecule has 0 bridgehead atoms. The molecule has 5 heteroatoms. The van der Waals surface area contributed by atoms with Gasteiger partial charge in [0.15, 0.2) is 0 Å². The zero-order valence-electron chi connectivity index (χ0n) is 11.5. The molecule has 0 atom stereocenters. The van der Waals surface area contributed by atoms with Gasteiger partial charge in [-0.1, -0.05) is 25.1 Å². The van der Waals surface area contributed by atoms with Crippen LogP contribution in [0.2, 0.25) is 0 Å². The predicted octanol–water partition coefficient (Wildman–Crippen LogP) is 2.63. The number of hydrogen-bond acceptors (Lipinski definition) is 3. The van der Waals surface area contributed by atoms with Crippen LogP contribution in [0.15, 0.2) is 36.5 Å². The lowest BCUT2D eigenvalue weighted by Gasteiger charge is -2.04. The topological polar surface area (TPSA) is 67.0 Å². The van der Waals surface area contributed by atoms with Crippen molar-refractivity contribution in [3.05, 3.63) is 47.7 Å². The van der Waals surface area contributed by atoms with Gasteiger partial charge in [-0.25, -0.2) is 0 Å². The summed E-state index contributed by atoms with van der Waals surface area (Å²) in [5, 5.41) is 9.44. The lowest BCUT2D eigenvalue weighted by Crippen LogP contribution is -2.09. The molecule has 104 valence electrons. The van der Waals surface area contributed by atoms with E-state index in [1.807, 2.05) is 31.2 Å². The Morgan fingerprint density at radius 3 is 3.00 bits per heavy atom. The van der Waals surface area contributed by atoms with Crippen LogP contribution >= 0.6 is 0 Å². The molecule has 2 N–H and O–H groups in total. The van der Waals surface area contributed by atoms with Gasteiger partial charge in [-0.05, 0) is 18.6 Å². The molecule has 0 saturated carbocycles. The summed E-state index contributed by atoms with van der Waals surface area (Å²) in [4.78, 5) is 11.9. The van der Waals surface area contributed by atoms with Crippen molar-refractivity contribution < 1.29 is 9.53 Å². The number of anilines is 1. The molecule has 0 aliphatic carbocycles. The van der Waals surface area contributed by atoms with Crippen molar-refractivity contribution in [2.24, 2.45) is 0 Å². The SMILES string of the molecule is CCc1cn[nH]c1NC(=O)/C=C/c1ccccc1OC. The number of aromatic nitrogens is 2. The van der Waals surface area contributed by atoms with Gasteiger partial charge in [-0.2, -0.15) is 5.10 Å². The number of methoxy groups -OCH3 is 1. The number of aromatic amines is 1. The number of benzene rings is 1. The van der Waals surface area contributed by atoms with Crippen LogP contribution in [0.25, 0.3) is 6.08 Å². The molecule has 0 unspecified atom stereocenters. The molecule has 0 radical (unpaired) electrons. The highest BCUT2D eigenvalue weighted by Crippen LogP contribution is 2.18. The van der Waals surface area contributed by atoms with Crippen LogP contribution in [-0.2, 0) is 11.2 Å². The molecule has 20 heavy (non-hydrogen) atoms. The van der Waals surface area contributed by atoms with Crippen molar-refractivity contribution in [1.82, 2.24) is 10.2 Å². The number of nitrogens with zero attached hydrogens (tertiary/aromatic N) is 1. The highest BCUT2D eigenvalue weighted by molar-refractivity contribution is 6.01. The highest BCUT2D eigenvalue weighted by atomic mass is 16.5. The Balaban J connectivity index is 2.06. The fourth-order valence-corrected chi connectivity index (χ4v) is 1.82.